The fourth-order valence-corrected chi connectivity index (χ4v) is 2.26. The maximum atomic E-state index is 6.25. The van der Waals surface area contributed by atoms with Crippen molar-refractivity contribution in [2.45, 2.75) is 33.2 Å². The number of benzene rings is 1. The van der Waals surface area contributed by atoms with Crippen LogP contribution in [0.1, 0.15) is 36.5 Å². The highest BCUT2D eigenvalue weighted by Gasteiger charge is 2.10. The second kappa shape index (κ2) is 6.92. The fraction of sp³-hybridized carbons (Fsp3) is 0.353. The molecule has 0 bridgehead atoms. The van der Waals surface area contributed by atoms with E-state index in [1.54, 1.807) is 6.20 Å². The van der Waals surface area contributed by atoms with Gasteiger partial charge in [0.1, 0.15) is 10.8 Å². The second-order valence-corrected chi connectivity index (χ2v) is 5.85. The molecule has 0 unspecified atom stereocenters. The largest absolute Gasteiger partial charge is 0.437 e. The fourth-order valence-electron chi connectivity index (χ4n) is 2.03. The maximum absolute atomic E-state index is 6.25. The Labute approximate surface area is 131 Å². The summed E-state index contributed by atoms with van der Waals surface area (Å²) in [7, 11) is 1.89. The molecule has 3 nitrogen and oxygen atoms in total. The summed E-state index contributed by atoms with van der Waals surface area (Å²) < 4.78 is 5.90. The Morgan fingerprint density at radius 3 is 2.67 bits per heavy atom. The first-order valence-corrected chi connectivity index (χ1v) is 7.46. The number of ether oxygens (including phenoxy) is 1. The van der Waals surface area contributed by atoms with Crippen LogP contribution in [0, 0.1) is 6.92 Å². The van der Waals surface area contributed by atoms with Crippen LogP contribution < -0.4 is 10.1 Å². The number of aryl methyl sites for hydroxylation is 1. The van der Waals surface area contributed by atoms with Gasteiger partial charge in [0, 0.05) is 12.7 Å². The van der Waals surface area contributed by atoms with Crippen molar-refractivity contribution in [1.29, 1.82) is 0 Å². The molecule has 0 spiro atoms. The summed E-state index contributed by atoms with van der Waals surface area (Å²) in [4.78, 5) is 4.31. The summed E-state index contributed by atoms with van der Waals surface area (Å²) in [5.41, 5.74) is 3.33. The third-order valence-electron chi connectivity index (χ3n) is 3.33. The van der Waals surface area contributed by atoms with Crippen molar-refractivity contribution < 1.29 is 4.74 Å². The predicted molar refractivity (Wildman–Crippen MR) is 87.4 cm³/mol. The normalized spacial score (nSPS) is 11.0. The van der Waals surface area contributed by atoms with Crippen LogP contribution in [0.3, 0.4) is 0 Å². The zero-order valence-electron chi connectivity index (χ0n) is 12.9. The van der Waals surface area contributed by atoms with Gasteiger partial charge in [-0.05, 0) is 48.7 Å². The molecule has 1 aromatic carbocycles. The first-order valence-electron chi connectivity index (χ1n) is 7.08. The molecular formula is C17H21ClN2O. The lowest BCUT2D eigenvalue weighted by atomic mass is 10.0. The van der Waals surface area contributed by atoms with E-state index in [1.807, 2.05) is 20.0 Å². The van der Waals surface area contributed by atoms with Crippen molar-refractivity contribution in [2.75, 3.05) is 7.05 Å². The van der Waals surface area contributed by atoms with Crippen LogP contribution in [0.4, 0.5) is 0 Å². The molecule has 1 heterocycles. The third-order valence-corrected chi connectivity index (χ3v) is 3.60. The molecule has 2 aromatic rings. The molecule has 0 saturated carbocycles. The van der Waals surface area contributed by atoms with Gasteiger partial charge < -0.3 is 10.1 Å². The average molecular weight is 305 g/mol. The Bertz CT molecular complexity index is 626. The van der Waals surface area contributed by atoms with Gasteiger partial charge in [-0.25, -0.2) is 4.98 Å². The van der Waals surface area contributed by atoms with E-state index in [-0.39, 0.29) is 0 Å². The number of nitrogens with one attached hydrogen (secondary N) is 1. The van der Waals surface area contributed by atoms with E-state index in [1.165, 1.54) is 5.56 Å². The molecule has 4 heteroatoms. The first kappa shape index (κ1) is 15.8. The summed E-state index contributed by atoms with van der Waals surface area (Å²) >= 11 is 6.25. The van der Waals surface area contributed by atoms with Gasteiger partial charge >= 0.3 is 0 Å². The standard InChI is InChI=1S/C17H21ClN2O/c1-11(2)14-6-5-12(3)16(8-14)21-17-15(18)7-13(9-19-4)10-20-17/h5-8,10-11,19H,9H2,1-4H3. The SMILES string of the molecule is CNCc1cnc(Oc2cc(C(C)C)ccc2C)c(Cl)c1. The molecule has 112 valence electrons. The van der Waals surface area contributed by atoms with Gasteiger partial charge in [0.15, 0.2) is 0 Å². The summed E-state index contributed by atoms with van der Waals surface area (Å²) in [6.45, 7) is 7.07. The highest BCUT2D eigenvalue weighted by molar-refractivity contribution is 6.31. The zero-order chi connectivity index (χ0) is 15.4. The number of halogens is 1. The smallest absolute Gasteiger partial charge is 0.238 e. The molecule has 0 saturated heterocycles. The quantitative estimate of drug-likeness (QED) is 0.871. The molecule has 0 aliphatic carbocycles. The molecule has 21 heavy (non-hydrogen) atoms. The second-order valence-electron chi connectivity index (χ2n) is 5.44. The number of nitrogens with zero attached hydrogens (tertiary/aromatic N) is 1. The molecule has 2 rings (SSSR count). The van der Waals surface area contributed by atoms with E-state index >= 15 is 0 Å². The lowest BCUT2D eigenvalue weighted by molar-refractivity contribution is 0.458. The van der Waals surface area contributed by atoms with E-state index in [0.29, 0.717) is 16.8 Å². The Morgan fingerprint density at radius 1 is 1.29 bits per heavy atom. The van der Waals surface area contributed by atoms with Crippen LogP contribution in [-0.4, -0.2) is 12.0 Å². The highest BCUT2D eigenvalue weighted by atomic mass is 35.5. The number of aromatic nitrogens is 1. The summed E-state index contributed by atoms with van der Waals surface area (Å²) in [5.74, 6) is 1.70. The monoisotopic (exact) mass is 304 g/mol. The third kappa shape index (κ3) is 3.96. The molecule has 0 aliphatic rings. The van der Waals surface area contributed by atoms with Crippen molar-refractivity contribution in [3.8, 4) is 11.6 Å². The van der Waals surface area contributed by atoms with Crippen LogP contribution in [0.2, 0.25) is 5.02 Å². The molecule has 0 amide bonds. The van der Waals surface area contributed by atoms with E-state index in [0.717, 1.165) is 23.4 Å². The van der Waals surface area contributed by atoms with Crippen LogP contribution in [0.25, 0.3) is 0 Å². The van der Waals surface area contributed by atoms with Gasteiger partial charge in [0.25, 0.3) is 0 Å². The van der Waals surface area contributed by atoms with Crippen LogP contribution in [-0.2, 0) is 6.54 Å². The molecule has 0 fully saturated rings. The van der Waals surface area contributed by atoms with Crippen molar-refractivity contribution in [2.24, 2.45) is 0 Å². The molecule has 0 radical (unpaired) electrons. The van der Waals surface area contributed by atoms with Gasteiger partial charge in [0.05, 0.1) is 0 Å². The minimum Gasteiger partial charge on any atom is -0.437 e. The van der Waals surface area contributed by atoms with E-state index in [9.17, 15) is 0 Å². The highest BCUT2D eigenvalue weighted by Crippen LogP contribution is 2.31. The summed E-state index contributed by atoms with van der Waals surface area (Å²) in [6.07, 6.45) is 1.78. The summed E-state index contributed by atoms with van der Waals surface area (Å²) in [5, 5.41) is 3.60. The van der Waals surface area contributed by atoms with Crippen molar-refractivity contribution >= 4 is 11.6 Å². The lowest BCUT2D eigenvalue weighted by Crippen LogP contribution is -2.05. The number of hydrogen-bond donors (Lipinski definition) is 1. The zero-order valence-corrected chi connectivity index (χ0v) is 13.7. The minimum absolute atomic E-state index is 0.445. The lowest BCUT2D eigenvalue weighted by Gasteiger charge is -2.13. The van der Waals surface area contributed by atoms with Gasteiger partial charge in [-0.3, -0.25) is 0 Å². The first-order chi connectivity index (χ1) is 10.0. The van der Waals surface area contributed by atoms with Crippen molar-refractivity contribution in [3.63, 3.8) is 0 Å². The molecule has 0 atom stereocenters. The Morgan fingerprint density at radius 2 is 2.05 bits per heavy atom. The molecule has 1 N–H and O–H groups in total. The molecule has 0 aliphatic heterocycles. The van der Waals surface area contributed by atoms with Gasteiger partial charge in [-0.15, -0.1) is 0 Å². The number of pyridine rings is 1. The number of hydrogen-bond acceptors (Lipinski definition) is 3. The minimum atomic E-state index is 0.445. The molecular weight excluding hydrogens is 284 g/mol. The van der Waals surface area contributed by atoms with E-state index in [4.69, 9.17) is 16.3 Å². The van der Waals surface area contributed by atoms with Crippen molar-refractivity contribution in [1.82, 2.24) is 10.3 Å². The van der Waals surface area contributed by atoms with Gasteiger partial charge in [0.2, 0.25) is 5.88 Å². The van der Waals surface area contributed by atoms with E-state index < -0.39 is 0 Å². The maximum Gasteiger partial charge on any atom is 0.238 e. The van der Waals surface area contributed by atoms with Crippen LogP contribution >= 0.6 is 11.6 Å². The Kier molecular flexibility index (Phi) is 5.21. The Hall–Kier alpha value is -1.58. The van der Waals surface area contributed by atoms with Crippen LogP contribution in [0.15, 0.2) is 30.5 Å². The predicted octanol–water partition coefficient (Wildman–Crippen LogP) is 4.68. The van der Waals surface area contributed by atoms with Gasteiger partial charge in [-0.2, -0.15) is 0 Å². The van der Waals surface area contributed by atoms with Crippen molar-refractivity contribution in [3.05, 3.63) is 52.2 Å². The molecule has 1 aromatic heterocycles. The van der Waals surface area contributed by atoms with Gasteiger partial charge in [-0.1, -0.05) is 37.6 Å². The van der Waals surface area contributed by atoms with E-state index in [2.05, 4.69) is 42.3 Å². The number of rotatable bonds is 5. The van der Waals surface area contributed by atoms with Crippen LogP contribution in [0.5, 0.6) is 11.6 Å². The average Bonchev–Trinajstić information content (AvgIpc) is 2.44. The Balaban J connectivity index is 2.27. The summed E-state index contributed by atoms with van der Waals surface area (Å²) in [6, 6.07) is 8.12. The topological polar surface area (TPSA) is 34.2 Å².